The molecule has 2 heterocycles. The Morgan fingerprint density at radius 1 is 1.38 bits per heavy atom. The molecule has 0 aliphatic heterocycles. The molecule has 0 aliphatic carbocycles. The van der Waals surface area contributed by atoms with Crippen LogP contribution in [0.2, 0.25) is 0 Å². The third-order valence-corrected chi connectivity index (χ3v) is 4.00. The second kappa shape index (κ2) is 6.81. The van der Waals surface area contributed by atoms with Crippen molar-refractivity contribution in [2.45, 2.75) is 53.2 Å². The molecule has 9 heteroatoms. The van der Waals surface area contributed by atoms with Crippen molar-refractivity contribution in [1.82, 2.24) is 24.9 Å². The van der Waals surface area contributed by atoms with Gasteiger partial charge in [0.15, 0.2) is 0 Å². The van der Waals surface area contributed by atoms with E-state index in [1.807, 2.05) is 26.1 Å². The first-order valence-electron chi connectivity index (χ1n) is 7.80. The van der Waals surface area contributed by atoms with Gasteiger partial charge in [-0.3, -0.25) is 24.3 Å². The molecule has 2 aromatic heterocycles. The van der Waals surface area contributed by atoms with Gasteiger partial charge in [-0.2, -0.15) is 10.2 Å². The van der Waals surface area contributed by atoms with Crippen molar-refractivity contribution in [3.8, 4) is 0 Å². The van der Waals surface area contributed by atoms with Crippen molar-refractivity contribution in [3.63, 3.8) is 0 Å². The van der Waals surface area contributed by atoms with Crippen LogP contribution in [0, 0.1) is 24.0 Å². The SMILES string of the molecule is CCn1ccc(C(C)NC(=O)C(C)n2nc(C)c([N+](=O)[O-])c2C)n1. The normalized spacial score (nSPS) is 13.5. The number of hydrogen-bond donors (Lipinski definition) is 1. The number of nitrogens with zero attached hydrogens (tertiary/aromatic N) is 5. The van der Waals surface area contributed by atoms with E-state index in [9.17, 15) is 14.9 Å². The number of hydrogen-bond acceptors (Lipinski definition) is 5. The van der Waals surface area contributed by atoms with Gasteiger partial charge in [0.25, 0.3) is 0 Å². The third kappa shape index (κ3) is 3.29. The predicted octanol–water partition coefficient (Wildman–Crippen LogP) is 2.06. The van der Waals surface area contributed by atoms with Crippen LogP contribution in [0.4, 0.5) is 5.69 Å². The lowest BCUT2D eigenvalue weighted by atomic mass is 10.2. The summed E-state index contributed by atoms with van der Waals surface area (Å²) in [5.74, 6) is -0.269. The monoisotopic (exact) mass is 334 g/mol. The van der Waals surface area contributed by atoms with Gasteiger partial charge in [-0.05, 0) is 40.7 Å². The Morgan fingerprint density at radius 2 is 2.04 bits per heavy atom. The summed E-state index contributed by atoms with van der Waals surface area (Å²) >= 11 is 0. The molecule has 9 nitrogen and oxygen atoms in total. The van der Waals surface area contributed by atoms with E-state index in [0.717, 1.165) is 12.2 Å². The van der Waals surface area contributed by atoms with Gasteiger partial charge in [-0.25, -0.2) is 0 Å². The van der Waals surface area contributed by atoms with E-state index in [1.54, 1.807) is 25.5 Å². The van der Waals surface area contributed by atoms with Crippen LogP contribution in [0.5, 0.6) is 0 Å². The molecule has 130 valence electrons. The number of amides is 1. The highest BCUT2D eigenvalue weighted by Gasteiger charge is 2.27. The number of carbonyl (C=O) groups is 1. The lowest BCUT2D eigenvalue weighted by Crippen LogP contribution is -2.34. The quantitative estimate of drug-likeness (QED) is 0.642. The standard InChI is InChI=1S/C15H22N6O3/c1-6-19-8-7-13(18-19)9(2)16-15(22)12(5)20-11(4)14(21(23)24)10(3)17-20/h7-9,12H,6H2,1-5H3,(H,16,22). The van der Waals surface area contributed by atoms with E-state index < -0.39 is 11.0 Å². The number of carbonyl (C=O) groups excluding carboxylic acids is 1. The lowest BCUT2D eigenvalue weighted by molar-refractivity contribution is -0.386. The van der Waals surface area contributed by atoms with Gasteiger partial charge in [-0.15, -0.1) is 0 Å². The van der Waals surface area contributed by atoms with E-state index >= 15 is 0 Å². The van der Waals surface area contributed by atoms with Crippen LogP contribution in [-0.2, 0) is 11.3 Å². The summed E-state index contributed by atoms with van der Waals surface area (Å²) < 4.78 is 3.17. The lowest BCUT2D eigenvalue weighted by Gasteiger charge is -2.17. The first-order valence-corrected chi connectivity index (χ1v) is 7.80. The van der Waals surface area contributed by atoms with Crippen LogP contribution in [0.3, 0.4) is 0 Å². The fraction of sp³-hybridized carbons (Fsp3) is 0.533. The Hall–Kier alpha value is -2.71. The summed E-state index contributed by atoms with van der Waals surface area (Å²) in [4.78, 5) is 23.1. The van der Waals surface area contributed by atoms with E-state index in [2.05, 4.69) is 15.5 Å². The third-order valence-electron chi connectivity index (χ3n) is 4.00. The summed E-state index contributed by atoms with van der Waals surface area (Å²) in [5, 5.41) is 22.5. The maximum Gasteiger partial charge on any atom is 0.312 e. The zero-order valence-corrected chi connectivity index (χ0v) is 14.5. The van der Waals surface area contributed by atoms with Crippen molar-refractivity contribution >= 4 is 11.6 Å². The molecule has 0 saturated carbocycles. The largest absolute Gasteiger partial charge is 0.346 e. The smallest absolute Gasteiger partial charge is 0.312 e. The zero-order chi connectivity index (χ0) is 18.0. The number of nitrogens with one attached hydrogen (secondary N) is 1. The Kier molecular flexibility index (Phi) is 5.01. The second-order valence-electron chi connectivity index (χ2n) is 5.72. The molecular weight excluding hydrogens is 312 g/mol. The summed E-state index contributed by atoms with van der Waals surface area (Å²) in [5.41, 5.74) is 1.37. The van der Waals surface area contributed by atoms with E-state index in [-0.39, 0.29) is 17.6 Å². The Balaban J connectivity index is 2.15. The Bertz CT molecular complexity index is 763. The maximum absolute atomic E-state index is 12.5. The summed E-state index contributed by atoms with van der Waals surface area (Å²) in [6.45, 7) is 9.40. The molecule has 2 unspecified atom stereocenters. The van der Waals surface area contributed by atoms with Gasteiger partial charge in [0.05, 0.1) is 16.7 Å². The highest BCUT2D eigenvalue weighted by molar-refractivity contribution is 5.80. The van der Waals surface area contributed by atoms with Gasteiger partial charge >= 0.3 is 5.69 Å². The average Bonchev–Trinajstić information content (AvgIpc) is 3.10. The fourth-order valence-electron chi connectivity index (χ4n) is 2.60. The van der Waals surface area contributed by atoms with Crippen LogP contribution in [0.25, 0.3) is 0 Å². The van der Waals surface area contributed by atoms with Crippen molar-refractivity contribution in [1.29, 1.82) is 0 Å². The first-order chi connectivity index (χ1) is 11.3. The summed E-state index contributed by atoms with van der Waals surface area (Å²) in [7, 11) is 0. The van der Waals surface area contributed by atoms with Gasteiger partial charge < -0.3 is 5.32 Å². The molecule has 0 radical (unpaired) electrons. The molecule has 0 aliphatic rings. The fourth-order valence-corrected chi connectivity index (χ4v) is 2.60. The molecule has 0 spiro atoms. The van der Waals surface area contributed by atoms with Crippen molar-refractivity contribution in [2.24, 2.45) is 0 Å². The molecule has 2 atom stereocenters. The molecular formula is C15H22N6O3. The van der Waals surface area contributed by atoms with Crippen LogP contribution < -0.4 is 5.32 Å². The Labute approximate surface area is 139 Å². The van der Waals surface area contributed by atoms with E-state index in [0.29, 0.717) is 11.4 Å². The highest BCUT2D eigenvalue weighted by Crippen LogP contribution is 2.25. The maximum atomic E-state index is 12.5. The molecule has 2 aromatic rings. The van der Waals surface area contributed by atoms with Gasteiger partial charge in [0.2, 0.25) is 5.91 Å². The second-order valence-corrected chi connectivity index (χ2v) is 5.72. The molecule has 1 N–H and O–H groups in total. The van der Waals surface area contributed by atoms with Crippen LogP contribution in [0.15, 0.2) is 12.3 Å². The van der Waals surface area contributed by atoms with Gasteiger partial charge in [0, 0.05) is 12.7 Å². The first kappa shape index (κ1) is 17.6. The molecule has 1 amide bonds. The minimum absolute atomic E-state index is 0.0515. The summed E-state index contributed by atoms with van der Waals surface area (Å²) in [6.07, 6.45) is 1.85. The number of rotatable bonds is 6. The number of aromatic nitrogens is 4. The molecule has 2 rings (SSSR count). The Morgan fingerprint density at radius 3 is 2.54 bits per heavy atom. The van der Waals surface area contributed by atoms with Crippen molar-refractivity contribution in [3.05, 3.63) is 39.5 Å². The molecule has 0 fully saturated rings. The average molecular weight is 334 g/mol. The highest BCUT2D eigenvalue weighted by atomic mass is 16.6. The molecule has 24 heavy (non-hydrogen) atoms. The van der Waals surface area contributed by atoms with Gasteiger partial charge in [-0.1, -0.05) is 0 Å². The summed E-state index contributed by atoms with van der Waals surface area (Å²) in [6, 6.07) is 0.931. The van der Waals surface area contributed by atoms with Crippen LogP contribution in [0.1, 0.15) is 49.9 Å². The van der Waals surface area contributed by atoms with Crippen LogP contribution in [-0.4, -0.2) is 30.4 Å². The molecule has 0 bridgehead atoms. The topological polar surface area (TPSA) is 108 Å². The van der Waals surface area contributed by atoms with Crippen molar-refractivity contribution < 1.29 is 9.72 Å². The van der Waals surface area contributed by atoms with Crippen LogP contribution >= 0.6 is 0 Å². The zero-order valence-electron chi connectivity index (χ0n) is 14.5. The van der Waals surface area contributed by atoms with Gasteiger partial charge in [0.1, 0.15) is 17.4 Å². The minimum atomic E-state index is -0.659. The molecule has 0 aromatic carbocycles. The molecule has 0 saturated heterocycles. The van der Waals surface area contributed by atoms with Crippen molar-refractivity contribution in [2.75, 3.05) is 0 Å². The van der Waals surface area contributed by atoms with E-state index in [4.69, 9.17) is 0 Å². The predicted molar refractivity (Wildman–Crippen MR) is 87.5 cm³/mol. The number of nitro groups is 1. The van der Waals surface area contributed by atoms with E-state index in [1.165, 1.54) is 4.68 Å². The number of aryl methyl sites for hydroxylation is 2. The minimum Gasteiger partial charge on any atom is -0.346 e.